The molecule has 1 aliphatic heterocycles. The molecule has 152 valence electrons. The van der Waals surface area contributed by atoms with Crippen molar-refractivity contribution in [3.63, 3.8) is 0 Å². The lowest BCUT2D eigenvalue weighted by Crippen LogP contribution is -2.50. The molecule has 4 heteroatoms. The van der Waals surface area contributed by atoms with Gasteiger partial charge in [-0.25, -0.2) is 0 Å². The Balaban J connectivity index is 2.57. The van der Waals surface area contributed by atoms with Gasteiger partial charge >= 0.3 is 11.9 Å². The van der Waals surface area contributed by atoms with Crippen LogP contribution >= 0.6 is 0 Å². The molecule has 0 amide bonds. The highest BCUT2D eigenvalue weighted by Gasteiger charge is 2.46. The number of esters is 2. The Morgan fingerprint density at radius 2 is 1.65 bits per heavy atom. The first kappa shape index (κ1) is 23.0. The van der Waals surface area contributed by atoms with E-state index in [1.807, 2.05) is 13.8 Å². The zero-order chi connectivity index (χ0) is 19.5. The summed E-state index contributed by atoms with van der Waals surface area (Å²) in [5.74, 6) is 0.422. The third-order valence-corrected chi connectivity index (χ3v) is 5.31. The second-order valence-corrected chi connectivity index (χ2v) is 8.42. The SMILES string of the molecule is CCCCCC(C)C1C(=O)O[C@H]1C[C@H](CCCCC)OC(=O)CC(C)C. The lowest BCUT2D eigenvalue weighted by molar-refractivity contribution is -0.195. The van der Waals surface area contributed by atoms with Crippen LogP contribution in [0.4, 0.5) is 0 Å². The van der Waals surface area contributed by atoms with Crippen molar-refractivity contribution in [2.75, 3.05) is 0 Å². The number of carbonyl (C=O) groups excluding carboxylic acids is 2. The van der Waals surface area contributed by atoms with Gasteiger partial charge < -0.3 is 9.47 Å². The van der Waals surface area contributed by atoms with Crippen molar-refractivity contribution >= 4 is 11.9 Å². The van der Waals surface area contributed by atoms with Crippen LogP contribution in [0.15, 0.2) is 0 Å². The Morgan fingerprint density at radius 3 is 2.19 bits per heavy atom. The number of ether oxygens (including phenoxy) is 2. The molecule has 0 spiro atoms. The van der Waals surface area contributed by atoms with Crippen LogP contribution in [0, 0.1) is 17.8 Å². The van der Waals surface area contributed by atoms with Crippen LogP contribution in [0.25, 0.3) is 0 Å². The van der Waals surface area contributed by atoms with Crippen LogP contribution in [0.5, 0.6) is 0 Å². The summed E-state index contributed by atoms with van der Waals surface area (Å²) in [7, 11) is 0. The third kappa shape index (κ3) is 8.09. The van der Waals surface area contributed by atoms with E-state index in [-0.39, 0.29) is 30.1 Å². The first-order valence-electron chi connectivity index (χ1n) is 10.8. The van der Waals surface area contributed by atoms with Gasteiger partial charge in [0.25, 0.3) is 0 Å². The van der Waals surface area contributed by atoms with E-state index in [9.17, 15) is 9.59 Å². The molecule has 1 saturated heterocycles. The predicted molar refractivity (Wildman–Crippen MR) is 105 cm³/mol. The molecule has 0 saturated carbocycles. The molecule has 2 unspecified atom stereocenters. The van der Waals surface area contributed by atoms with Crippen molar-refractivity contribution in [1.82, 2.24) is 0 Å². The summed E-state index contributed by atoms with van der Waals surface area (Å²) in [5.41, 5.74) is 0. The van der Waals surface area contributed by atoms with E-state index in [1.165, 1.54) is 12.8 Å². The number of cyclic esters (lactones) is 1. The Hall–Kier alpha value is -1.06. The van der Waals surface area contributed by atoms with Crippen molar-refractivity contribution in [2.24, 2.45) is 17.8 Å². The van der Waals surface area contributed by atoms with Gasteiger partial charge in [0.1, 0.15) is 12.2 Å². The van der Waals surface area contributed by atoms with Crippen molar-refractivity contribution in [3.8, 4) is 0 Å². The number of carbonyl (C=O) groups is 2. The molecule has 1 aliphatic rings. The molecule has 0 N–H and O–H groups in total. The quantitative estimate of drug-likeness (QED) is 0.293. The molecule has 4 atom stereocenters. The fourth-order valence-electron chi connectivity index (χ4n) is 3.74. The largest absolute Gasteiger partial charge is 0.462 e. The van der Waals surface area contributed by atoms with Crippen LogP contribution < -0.4 is 0 Å². The number of unbranched alkanes of at least 4 members (excludes halogenated alkanes) is 4. The Bertz CT molecular complexity index is 418. The summed E-state index contributed by atoms with van der Waals surface area (Å²) in [6.45, 7) is 10.6. The molecule has 0 bridgehead atoms. The summed E-state index contributed by atoms with van der Waals surface area (Å²) in [6.07, 6.45) is 9.72. The molecule has 1 fully saturated rings. The van der Waals surface area contributed by atoms with Crippen LogP contribution in [0.3, 0.4) is 0 Å². The molecule has 0 radical (unpaired) electrons. The molecule has 4 nitrogen and oxygen atoms in total. The number of hydrogen-bond donors (Lipinski definition) is 0. The third-order valence-electron chi connectivity index (χ3n) is 5.31. The van der Waals surface area contributed by atoms with Crippen molar-refractivity contribution in [1.29, 1.82) is 0 Å². The molecule has 1 heterocycles. The first-order valence-corrected chi connectivity index (χ1v) is 10.8. The second kappa shape index (κ2) is 12.3. The van der Waals surface area contributed by atoms with E-state index in [4.69, 9.17) is 9.47 Å². The zero-order valence-corrected chi connectivity index (χ0v) is 17.6. The van der Waals surface area contributed by atoms with E-state index in [0.29, 0.717) is 24.7 Å². The minimum Gasteiger partial charge on any atom is -0.462 e. The maximum absolute atomic E-state index is 12.1. The predicted octanol–water partition coefficient (Wildman–Crippen LogP) is 5.67. The van der Waals surface area contributed by atoms with Gasteiger partial charge in [-0.15, -0.1) is 0 Å². The molecular weight excluding hydrogens is 328 g/mol. The van der Waals surface area contributed by atoms with Crippen LogP contribution in [0.2, 0.25) is 0 Å². The molecule has 26 heavy (non-hydrogen) atoms. The Labute approximate surface area is 160 Å². The molecule has 0 aromatic rings. The van der Waals surface area contributed by atoms with E-state index in [2.05, 4.69) is 20.8 Å². The second-order valence-electron chi connectivity index (χ2n) is 8.42. The fraction of sp³-hybridized carbons (Fsp3) is 0.909. The highest BCUT2D eigenvalue weighted by atomic mass is 16.6. The fourth-order valence-corrected chi connectivity index (χ4v) is 3.74. The molecule has 0 aromatic carbocycles. The summed E-state index contributed by atoms with van der Waals surface area (Å²) in [5, 5.41) is 0. The minimum absolute atomic E-state index is 0.0238. The smallest absolute Gasteiger partial charge is 0.313 e. The molecule has 0 aliphatic carbocycles. The van der Waals surface area contributed by atoms with E-state index >= 15 is 0 Å². The van der Waals surface area contributed by atoms with Gasteiger partial charge in [0.2, 0.25) is 0 Å². The average Bonchev–Trinajstić information content (AvgIpc) is 2.53. The van der Waals surface area contributed by atoms with E-state index in [1.54, 1.807) is 0 Å². The van der Waals surface area contributed by atoms with Gasteiger partial charge in [-0.05, 0) is 31.1 Å². The van der Waals surface area contributed by atoms with Crippen LogP contribution in [-0.2, 0) is 19.1 Å². The van der Waals surface area contributed by atoms with Gasteiger partial charge in [-0.3, -0.25) is 9.59 Å². The molecule has 1 rings (SSSR count). The van der Waals surface area contributed by atoms with Gasteiger partial charge in [0, 0.05) is 12.8 Å². The summed E-state index contributed by atoms with van der Waals surface area (Å²) in [4.78, 5) is 24.1. The first-order chi connectivity index (χ1) is 12.4. The van der Waals surface area contributed by atoms with Gasteiger partial charge in [0.05, 0.1) is 5.92 Å². The number of rotatable bonds is 14. The van der Waals surface area contributed by atoms with Gasteiger partial charge in [-0.2, -0.15) is 0 Å². The van der Waals surface area contributed by atoms with Crippen molar-refractivity contribution < 1.29 is 19.1 Å². The molecule has 0 aromatic heterocycles. The summed E-state index contributed by atoms with van der Waals surface area (Å²) < 4.78 is 11.2. The lowest BCUT2D eigenvalue weighted by Gasteiger charge is -2.40. The lowest BCUT2D eigenvalue weighted by atomic mass is 9.79. The maximum atomic E-state index is 12.1. The normalized spacial score (nSPS) is 21.8. The van der Waals surface area contributed by atoms with Gasteiger partial charge in [-0.1, -0.05) is 66.7 Å². The highest BCUT2D eigenvalue weighted by Crippen LogP contribution is 2.36. The van der Waals surface area contributed by atoms with Crippen LogP contribution in [-0.4, -0.2) is 24.1 Å². The highest BCUT2D eigenvalue weighted by molar-refractivity contribution is 5.78. The summed E-state index contributed by atoms with van der Waals surface area (Å²) in [6, 6.07) is 0. The van der Waals surface area contributed by atoms with Crippen molar-refractivity contribution in [3.05, 3.63) is 0 Å². The maximum Gasteiger partial charge on any atom is 0.313 e. The van der Waals surface area contributed by atoms with Crippen LogP contribution in [0.1, 0.15) is 98.8 Å². The zero-order valence-electron chi connectivity index (χ0n) is 17.6. The average molecular weight is 369 g/mol. The minimum atomic E-state index is -0.128. The Morgan fingerprint density at radius 1 is 1.04 bits per heavy atom. The van der Waals surface area contributed by atoms with E-state index in [0.717, 1.165) is 38.5 Å². The summed E-state index contributed by atoms with van der Waals surface area (Å²) >= 11 is 0. The number of hydrogen-bond acceptors (Lipinski definition) is 4. The van der Waals surface area contributed by atoms with E-state index < -0.39 is 0 Å². The Kier molecular flexibility index (Phi) is 10.9. The monoisotopic (exact) mass is 368 g/mol. The standard InChI is InChI=1S/C22H40O4/c1-6-8-10-12-17(5)21-19(26-22(21)24)15-18(13-11-9-7-2)25-20(23)14-16(3)4/h16-19,21H,6-15H2,1-5H3/t17?,18-,19-,21?/m0/s1. The van der Waals surface area contributed by atoms with Gasteiger partial charge in [0.15, 0.2) is 0 Å². The topological polar surface area (TPSA) is 52.6 Å². The van der Waals surface area contributed by atoms with Crippen molar-refractivity contribution in [2.45, 2.75) is 111 Å². The molecular formula is C22H40O4.